The Hall–Kier alpha value is -1.80. The topological polar surface area (TPSA) is 27.0 Å². The molecule has 1 fully saturated rings. The third-order valence-corrected chi connectivity index (χ3v) is 4.80. The van der Waals surface area contributed by atoms with Crippen LogP contribution in [0.15, 0.2) is 24.3 Å². The lowest BCUT2D eigenvalue weighted by atomic mass is 9.83. The monoisotopic (exact) mass is 306 g/mol. The Morgan fingerprint density at radius 1 is 1.27 bits per heavy atom. The fraction of sp³-hybridized carbons (Fsp3) is 0.471. The largest absolute Gasteiger partial charge is 0.417 e. The highest BCUT2D eigenvalue weighted by Gasteiger charge is 2.35. The molecule has 1 aromatic rings. The molecule has 2 heterocycles. The average Bonchev–Trinajstić information content (AvgIpc) is 2.45. The number of piperidine rings is 1. The standard InChI is InChI=1S/C17H17F3N2/c1-22-14-3-2-4-15(22)8-13(7-14)11-5-6-12(10-21)16(9-11)17(18,19)20/h5-7,9,14-15H,2-4,8H2,1H3. The molecule has 2 nitrogen and oxygen atoms in total. The highest BCUT2D eigenvalue weighted by molar-refractivity contribution is 5.69. The van der Waals surface area contributed by atoms with Crippen LogP contribution in [0.4, 0.5) is 13.2 Å². The summed E-state index contributed by atoms with van der Waals surface area (Å²) >= 11 is 0. The van der Waals surface area contributed by atoms with Gasteiger partial charge in [-0.2, -0.15) is 18.4 Å². The fourth-order valence-corrected chi connectivity index (χ4v) is 3.53. The van der Waals surface area contributed by atoms with Gasteiger partial charge < -0.3 is 0 Å². The number of alkyl halides is 3. The molecule has 0 amide bonds. The summed E-state index contributed by atoms with van der Waals surface area (Å²) in [6, 6.07) is 6.40. The molecule has 0 radical (unpaired) electrons. The number of hydrogen-bond acceptors (Lipinski definition) is 2. The van der Waals surface area contributed by atoms with Crippen molar-refractivity contribution in [2.75, 3.05) is 7.05 Å². The molecule has 2 atom stereocenters. The van der Waals surface area contributed by atoms with Gasteiger partial charge in [0.05, 0.1) is 17.2 Å². The van der Waals surface area contributed by atoms with Crippen molar-refractivity contribution in [1.82, 2.24) is 4.90 Å². The Morgan fingerprint density at radius 3 is 2.68 bits per heavy atom. The van der Waals surface area contributed by atoms with Gasteiger partial charge in [0, 0.05) is 12.1 Å². The first-order chi connectivity index (χ1) is 10.4. The van der Waals surface area contributed by atoms with Crippen LogP contribution >= 0.6 is 0 Å². The number of halogens is 3. The minimum absolute atomic E-state index is 0.312. The van der Waals surface area contributed by atoms with E-state index in [0.29, 0.717) is 17.6 Å². The molecule has 22 heavy (non-hydrogen) atoms. The van der Waals surface area contributed by atoms with E-state index in [1.165, 1.54) is 12.5 Å². The molecule has 2 aliphatic heterocycles. The minimum Gasteiger partial charge on any atom is -0.297 e. The summed E-state index contributed by atoms with van der Waals surface area (Å²) in [4.78, 5) is 2.32. The molecule has 0 aliphatic carbocycles. The van der Waals surface area contributed by atoms with Crippen LogP contribution in [0, 0.1) is 11.3 Å². The van der Waals surface area contributed by atoms with E-state index in [1.54, 1.807) is 12.1 Å². The molecular weight excluding hydrogens is 289 g/mol. The zero-order valence-electron chi connectivity index (χ0n) is 12.3. The molecule has 2 bridgehead atoms. The molecule has 2 aliphatic rings. The van der Waals surface area contributed by atoms with Crippen molar-refractivity contribution in [3.63, 3.8) is 0 Å². The zero-order chi connectivity index (χ0) is 15.9. The van der Waals surface area contributed by atoms with Gasteiger partial charge in [0.25, 0.3) is 0 Å². The molecule has 0 saturated carbocycles. The van der Waals surface area contributed by atoms with Crippen molar-refractivity contribution in [2.45, 2.75) is 43.9 Å². The van der Waals surface area contributed by atoms with Gasteiger partial charge in [-0.25, -0.2) is 0 Å². The van der Waals surface area contributed by atoms with Crippen molar-refractivity contribution >= 4 is 5.57 Å². The number of hydrogen-bond donors (Lipinski definition) is 0. The summed E-state index contributed by atoms with van der Waals surface area (Å²) < 4.78 is 39.3. The Balaban J connectivity index is 2.01. The molecule has 1 aromatic carbocycles. The second-order valence-corrected chi connectivity index (χ2v) is 6.08. The van der Waals surface area contributed by atoms with Gasteiger partial charge in [0.15, 0.2) is 0 Å². The lowest BCUT2D eigenvalue weighted by Gasteiger charge is -2.43. The van der Waals surface area contributed by atoms with Crippen molar-refractivity contribution < 1.29 is 13.2 Å². The van der Waals surface area contributed by atoms with E-state index in [0.717, 1.165) is 30.9 Å². The van der Waals surface area contributed by atoms with Crippen molar-refractivity contribution in [1.29, 1.82) is 5.26 Å². The van der Waals surface area contributed by atoms with Crippen LogP contribution < -0.4 is 0 Å². The molecule has 3 rings (SSSR count). The number of nitriles is 1. The lowest BCUT2D eigenvalue weighted by Crippen LogP contribution is -2.45. The Morgan fingerprint density at radius 2 is 2.05 bits per heavy atom. The molecular formula is C17H17F3N2. The first-order valence-corrected chi connectivity index (χ1v) is 7.44. The Kier molecular flexibility index (Phi) is 3.73. The SMILES string of the molecule is CN1C2C=C(c3ccc(C#N)c(C(F)(F)F)c3)CC1CCC2. The van der Waals surface area contributed by atoms with Gasteiger partial charge in [-0.3, -0.25) is 4.90 Å². The van der Waals surface area contributed by atoms with Crippen molar-refractivity contribution in [2.24, 2.45) is 0 Å². The predicted octanol–water partition coefficient (Wildman–Crippen LogP) is 4.22. The van der Waals surface area contributed by atoms with E-state index < -0.39 is 11.7 Å². The van der Waals surface area contributed by atoms with Crippen LogP contribution in [0.3, 0.4) is 0 Å². The van der Waals surface area contributed by atoms with Crippen LogP contribution in [0.2, 0.25) is 0 Å². The predicted molar refractivity (Wildman–Crippen MR) is 77.9 cm³/mol. The van der Waals surface area contributed by atoms with E-state index in [-0.39, 0.29) is 5.56 Å². The molecule has 0 spiro atoms. The second-order valence-electron chi connectivity index (χ2n) is 6.08. The van der Waals surface area contributed by atoms with E-state index in [1.807, 2.05) is 0 Å². The maximum absolute atomic E-state index is 13.1. The number of rotatable bonds is 1. The molecule has 2 unspecified atom stereocenters. The number of likely N-dealkylation sites (N-methyl/N-ethyl adjacent to an activating group) is 1. The highest BCUT2D eigenvalue weighted by atomic mass is 19.4. The van der Waals surface area contributed by atoms with E-state index in [4.69, 9.17) is 5.26 Å². The van der Waals surface area contributed by atoms with Gasteiger partial charge in [0.1, 0.15) is 0 Å². The molecule has 1 saturated heterocycles. The summed E-state index contributed by atoms with van der Waals surface area (Å²) in [5.74, 6) is 0. The quantitative estimate of drug-likeness (QED) is 0.777. The summed E-state index contributed by atoms with van der Waals surface area (Å²) in [6.07, 6.45) is 1.69. The van der Waals surface area contributed by atoms with Gasteiger partial charge in [-0.15, -0.1) is 0 Å². The lowest BCUT2D eigenvalue weighted by molar-refractivity contribution is -0.137. The smallest absolute Gasteiger partial charge is 0.297 e. The maximum atomic E-state index is 13.1. The highest BCUT2D eigenvalue weighted by Crippen LogP contribution is 2.38. The average molecular weight is 306 g/mol. The molecule has 5 heteroatoms. The Labute approximate surface area is 127 Å². The van der Waals surface area contributed by atoms with Crippen LogP contribution in [0.25, 0.3) is 5.57 Å². The van der Waals surface area contributed by atoms with E-state index in [9.17, 15) is 13.2 Å². The van der Waals surface area contributed by atoms with Gasteiger partial charge in [0.2, 0.25) is 0 Å². The Bertz CT molecular complexity index is 655. The minimum atomic E-state index is -4.50. The normalized spacial score (nSPS) is 25.5. The van der Waals surface area contributed by atoms with Gasteiger partial charge in [-0.1, -0.05) is 18.6 Å². The van der Waals surface area contributed by atoms with Gasteiger partial charge in [-0.05, 0) is 49.6 Å². The zero-order valence-corrected chi connectivity index (χ0v) is 12.3. The number of nitrogens with zero attached hydrogens (tertiary/aromatic N) is 2. The summed E-state index contributed by atoms with van der Waals surface area (Å²) in [6.45, 7) is 0. The first-order valence-electron chi connectivity index (χ1n) is 7.44. The summed E-state index contributed by atoms with van der Waals surface area (Å²) in [7, 11) is 2.09. The van der Waals surface area contributed by atoms with E-state index >= 15 is 0 Å². The maximum Gasteiger partial charge on any atom is 0.417 e. The molecule has 0 N–H and O–H groups in total. The van der Waals surface area contributed by atoms with Crippen LogP contribution in [0.5, 0.6) is 0 Å². The third kappa shape index (κ3) is 2.64. The summed E-state index contributed by atoms with van der Waals surface area (Å²) in [5.41, 5.74) is 0.418. The second kappa shape index (κ2) is 5.44. The fourth-order valence-electron chi connectivity index (χ4n) is 3.53. The van der Waals surface area contributed by atoms with Crippen LogP contribution in [-0.2, 0) is 6.18 Å². The van der Waals surface area contributed by atoms with E-state index in [2.05, 4.69) is 18.0 Å². The van der Waals surface area contributed by atoms with Crippen molar-refractivity contribution in [3.8, 4) is 6.07 Å². The third-order valence-electron chi connectivity index (χ3n) is 4.80. The first kappa shape index (κ1) is 15.1. The van der Waals surface area contributed by atoms with Crippen LogP contribution in [0.1, 0.15) is 42.4 Å². The molecule has 0 aromatic heterocycles. The number of benzene rings is 1. The van der Waals surface area contributed by atoms with Crippen LogP contribution in [-0.4, -0.2) is 24.0 Å². The molecule has 116 valence electrons. The van der Waals surface area contributed by atoms with Gasteiger partial charge >= 0.3 is 6.18 Å². The van der Waals surface area contributed by atoms with Crippen molar-refractivity contribution in [3.05, 3.63) is 41.0 Å². The summed E-state index contributed by atoms with van der Waals surface area (Å²) in [5, 5.41) is 8.88. The number of fused-ring (bicyclic) bond motifs is 2.